The van der Waals surface area contributed by atoms with Crippen molar-refractivity contribution in [3.8, 4) is 16.9 Å². The standard InChI is InChI=1S/C26H23N5O3/c1-34-18-25(33)29-22-12-10-21(11-13-22)28-24(32)14-9-20-17-31(23-7-3-2-4-8-23)30-26(20)19-6-5-15-27-16-19/h2-17H,18H2,1H3,(H,28,32)(H,29,33)/b14-9+. The molecular formula is C26H23N5O3. The third kappa shape index (κ3) is 5.81. The second-order valence-electron chi connectivity index (χ2n) is 7.34. The number of pyridine rings is 1. The van der Waals surface area contributed by atoms with E-state index >= 15 is 0 Å². The van der Waals surface area contributed by atoms with Crippen LogP contribution in [0.3, 0.4) is 0 Å². The van der Waals surface area contributed by atoms with Gasteiger partial charge in [0.2, 0.25) is 11.8 Å². The lowest BCUT2D eigenvalue weighted by atomic mass is 10.1. The van der Waals surface area contributed by atoms with E-state index in [1.165, 1.54) is 13.2 Å². The Kier molecular flexibility index (Phi) is 7.22. The third-order valence-electron chi connectivity index (χ3n) is 4.82. The summed E-state index contributed by atoms with van der Waals surface area (Å²) < 4.78 is 6.57. The Morgan fingerprint density at radius 2 is 1.71 bits per heavy atom. The van der Waals surface area contributed by atoms with Crippen molar-refractivity contribution >= 4 is 29.3 Å². The molecule has 2 aromatic carbocycles. The topological polar surface area (TPSA) is 98.1 Å². The third-order valence-corrected chi connectivity index (χ3v) is 4.82. The minimum Gasteiger partial charge on any atom is -0.375 e. The summed E-state index contributed by atoms with van der Waals surface area (Å²) in [7, 11) is 1.46. The second kappa shape index (κ2) is 10.8. The molecular weight excluding hydrogens is 430 g/mol. The molecule has 8 nitrogen and oxygen atoms in total. The fourth-order valence-electron chi connectivity index (χ4n) is 3.26. The Morgan fingerprint density at radius 3 is 2.38 bits per heavy atom. The number of hydrogen-bond donors (Lipinski definition) is 2. The molecule has 170 valence electrons. The van der Waals surface area contributed by atoms with Crippen LogP contribution in [-0.2, 0) is 14.3 Å². The van der Waals surface area contributed by atoms with Gasteiger partial charge < -0.3 is 15.4 Å². The lowest BCUT2D eigenvalue weighted by Crippen LogP contribution is -2.17. The van der Waals surface area contributed by atoms with E-state index in [-0.39, 0.29) is 18.4 Å². The number of carbonyl (C=O) groups is 2. The van der Waals surface area contributed by atoms with Crippen molar-refractivity contribution in [2.24, 2.45) is 0 Å². The quantitative estimate of drug-likeness (QED) is 0.390. The Balaban J connectivity index is 1.50. The first-order valence-electron chi connectivity index (χ1n) is 10.6. The van der Waals surface area contributed by atoms with Crippen molar-refractivity contribution < 1.29 is 14.3 Å². The van der Waals surface area contributed by atoms with Crippen LogP contribution < -0.4 is 10.6 Å². The molecule has 0 saturated heterocycles. The van der Waals surface area contributed by atoms with E-state index in [1.807, 2.05) is 48.7 Å². The number of methoxy groups -OCH3 is 1. The molecule has 4 aromatic rings. The molecule has 0 aliphatic rings. The zero-order chi connectivity index (χ0) is 23.8. The fourth-order valence-corrected chi connectivity index (χ4v) is 3.26. The minimum absolute atomic E-state index is 0.0226. The molecule has 34 heavy (non-hydrogen) atoms. The van der Waals surface area contributed by atoms with Crippen molar-refractivity contribution in [3.05, 3.63) is 97.0 Å². The first-order chi connectivity index (χ1) is 16.6. The van der Waals surface area contributed by atoms with Gasteiger partial charge in [-0.2, -0.15) is 5.10 Å². The molecule has 8 heteroatoms. The van der Waals surface area contributed by atoms with Gasteiger partial charge in [-0.25, -0.2) is 4.68 Å². The molecule has 2 amide bonds. The molecule has 0 spiro atoms. The van der Waals surface area contributed by atoms with Crippen LogP contribution in [0.25, 0.3) is 23.0 Å². The summed E-state index contributed by atoms with van der Waals surface area (Å²) in [6.07, 6.45) is 8.50. The van der Waals surface area contributed by atoms with Gasteiger partial charge in [0, 0.05) is 54.3 Å². The number of ether oxygens (including phenoxy) is 1. The van der Waals surface area contributed by atoms with Gasteiger partial charge in [0.1, 0.15) is 12.3 Å². The molecule has 4 rings (SSSR count). The molecule has 0 aliphatic carbocycles. The van der Waals surface area contributed by atoms with Gasteiger partial charge in [-0.15, -0.1) is 0 Å². The number of rotatable bonds is 8. The first-order valence-corrected chi connectivity index (χ1v) is 10.6. The largest absolute Gasteiger partial charge is 0.375 e. The zero-order valence-electron chi connectivity index (χ0n) is 18.5. The summed E-state index contributed by atoms with van der Waals surface area (Å²) in [6, 6.07) is 20.4. The van der Waals surface area contributed by atoms with Gasteiger partial charge >= 0.3 is 0 Å². The molecule has 0 radical (unpaired) electrons. The summed E-state index contributed by atoms with van der Waals surface area (Å²) in [5.41, 5.74) is 4.48. The monoisotopic (exact) mass is 453 g/mol. The highest BCUT2D eigenvalue weighted by molar-refractivity contribution is 6.02. The Bertz CT molecular complexity index is 1280. The number of nitrogens with zero attached hydrogens (tertiary/aromatic N) is 3. The summed E-state index contributed by atoms with van der Waals surface area (Å²) in [6.45, 7) is -0.0226. The second-order valence-corrected chi connectivity index (χ2v) is 7.34. The van der Waals surface area contributed by atoms with E-state index in [1.54, 1.807) is 47.4 Å². The molecule has 0 aliphatic heterocycles. The van der Waals surface area contributed by atoms with E-state index < -0.39 is 0 Å². The number of benzene rings is 2. The van der Waals surface area contributed by atoms with Gasteiger partial charge in [-0.05, 0) is 54.6 Å². The number of nitrogens with one attached hydrogen (secondary N) is 2. The maximum Gasteiger partial charge on any atom is 0.250 e. The highest BCUT2D eigenvalue weighted by atomic mass is 16.5. The number of carbonyl (C=O) groups excluding carboxylic acids is 2. The van der Waals surface area contributed by atoms with Crippen molar-refractivity contribution in [1.29, 1.82) is 0 Å². The van der Waals surface area contributed by atoms with Crippen molar-refractivity contribution in [2.75, 3.05) is 24.4 Å². The van der Waals surface area contributed by atoms with Crippen LogP contribution in [0.2, 0.25) is 0 Å². The van der Waals surface area contributed by atoms with E-state index in [0.29, 0.717) is 11.4 Å². The van der Waals surface area contributed by atoms with Crippen LogP contribution in [0.1, 0.15) is 5.56 Å². The minimum atomic E-state index is -0.291. The Hall–Kier alpha value is -4.56. The maximum atomic E-state index is 12.5. The lowest BCUT2D eigenvalue weighted by molar-refractivity contribution is -0.119. The lowest BCUT2D eigenvalue weighted by Gasteiger charge is -2.06. The molecule has 0 fully saturated rings. The normalized spacial score (nSPS) is 10.9. The Labute approximate surface area is 196 Å². The molecule has 0 saturated carbocycles. The number of anilines is 2. The smallest absolute Gasteiger partial charge is 0.250 e. The van der Waals surface area contributed by atoms with Crippen molar-refractivity contribution in [1.82, 2.24) is 14.8 Å². The average molecular weight is 454 g/mol. The average Bonchev–Trinajstić information content (AvgIpc) is 3.30. The molecule has 0 bridgehead atoms. The number of amides is 2. The number of para-hydroxylation sites is 1. The predicted octanol–water partition coefficient (Wildman–Crippen LogP) is 4.17. The highest BCUT2D eigenvalue weighted by Crippen LogP contribution is 2.24. The van der Waals surface area contributed by atoms with E-state index in [2.05, 4.69) is 15.6 Å². The van der Waals surface area contributed by atoms with Gasteiger partial charge in [0.05, 0.1) is 5.69 Å². The summed E-state index contributed by atoms with van der Waals surface area (Å²) in [5, 5.41) is 10.2. The van der Waals surface area contributed by atoms with Crippen molar-refractivity contribution in [2.45, 2.75) is 0 Å². The molecule has 0 unspecified atom stereocenters. The van der Waals surface area contributed by atoms with Crippen molar-refractivity contribution in [3.63, 3.8) is 0 Å². The first kappa shape index (κ1) is 22.6. The van der Waals surface area contributed by atoms with Gasteiger partial charge in [-0.1, -0.05) is 18.2 Å². The number of aromatic nitrogens is 3. The van der Waals surface area contributed by atoms with Crippen LogP contribution in [0.5, 0.6) is 0 Å². The van der Waals surface area contributed by atoms with Gasteiger partial charge in [0.25, 0.3) is 0 Å². The van der Waals surface area contributed by atoms with Crippen LogP contribution in [0.4, 0.5) is 11.4 Å². The highest BCUT2D eigenvalue weighted by Gasteiger charge is 2.11. The maximum absolute atomic E-state index is 12.5. The summed E-state index contributed by atoms with van der Waals surface area (Å²) >= 11 is 0. The molecule has 2 heterocycles. The number of hydrogen-bond acceptors (Lipinski definition) is 5. The molecule has 2 N–H and O–H groups in total. The van der Waals surface area contributed by atoms with Gasteiger partial charge in [-0.3, -0.25) is 14.6 Å². The SMILES string of the molecule is COCC(=O)Nc1ccc(NC(=O)/C=C/c2cn(-c3ccccc3)nc2-c2cccnc2)cc1. The van der Waals surface area contributed by atoms with E-state index in [9.17, 15) is 9.59 Å². The van der Waals surface area contributed by atoms with E-state index in [4.69, 9.17) is 9.84 Å². The predicted molar refractivity (Wildman–Crippen MR) is 131 cm³/mol. The molecule has 2 aromatic heterocycles. The van der Waals surface area contributed by atoms with E-state index in [0.717, 1.165) is 22.5 Å². The summed E-state index contributed by atoms with van der Waals surface area (Å²) in [5.74, 6) is -0.538. The Morgan fingerprint density at radius 1 is 0.971 bits per heavy atom. The fraction of sp³-hybridized carbons (Fsp3) is 0.0769. The zero-order valence-corrected chi connectivity index (χ0v) is 18.5. The van der Waals surface area contributed by atoms with Crippen LogP contribution >= 0.6 is 0 Å². The van der Waals surface area contributed by atoms with Crippen LogP contribution in [0, 0.1) is 0 Å². The summed E-state index contributed by atoms with van der Waals surface area (Å²) in [4.78, 5) is 28.3. The van der Waals surface area contributed by atoms with Gasteiger partial charge in [0.15, 0.2) is 0 Å². The van der Waals surface area contributed by atoms with Crippen LogP contribution in [-0.4, -0.2) is 40.3 Å². The van der Waals surface area contributed by atoms with Crippen LogP contribution in [0.15, 0.2) is 91.4 Å². The molecule has 0 atom stereocenters.